The first-order valence-corrected chi connectivity index (χ1v) is 6.10. The van der Waals surface area contributed by atoms with Crippen molar-refractivity contribution in [1.29, 1.82) is 0 Å². The van der Waals surface area contributed by atoms with Crippen LogP contribution in [-0.2, 0) is 10.4 Å². The Morgan fingerprint density at radius 1 is 0.947 bits per heavy atom. The van der Waals surface area contributed by atoms with Crippen LogP contribution in [0.2, 0.25) is 0 Å². The average molecular weight is 252 g/mol. The minimum Gasteiger partial charge on any atom is -0.376 e. The summed E-state index contributed by atoms with van der Waals surface area (Å²) in [5.41, 5.74) is -0.0262. The zero-order valence-electron chi connectivity index (χ0n) is 10.8. The Morgan fingerprint density at radius 2 is 1.32 bits per heavy atom. The van der Waals surface area contributed by atoms with Crippen LogP contribution in [-0.4, -0.2) is 10.9 Å². The standard InChI is InChI=1S/C17H16O2/c1-13(14(2)18)17(19,15-9-5-3-6-10-15)16-11-7-4-8-12-16/h3-12,19H,1H2,2H3. The molecule has 19 heavy (non-hydrogen) atoms. The molecular formula is C17H16O2. The zero-order valence-corrected chi connectivity index (χ0v) is 10.8. The fourth-order valence-corrected chi connectivity index (χ4v) is 2.13. The summed E-state index contributed by atoms with van der Waals surface area (Å²) in [4.78, 5) is 11.7. The Balaban J connectivity index is 2.64. The summed E-state index contributed by atoms with van der Waals surface area (Å²) in [6.45, 7) is 5.20. The summed E-state index contributed by atoms with van der Waals surface area (Å²) < 4.78 is 0. The molecular weight excluding hydrogens is 236 g/mol. The van der Waals surface area contributed by atoms with Gasteiger partial charge in [-0.25, -0.2) is 0 Å². The maximum Gasteiger partial charge on any atom is 0.158 e. The largest absolute Gasteiger partial charge is 0.376 e. The highest BCUT2D eigenvalue weighted by molar-refractivity contribution is 5.95. The minimum absolute atomic E-state index is 0.171. The third-order valence-electron chi connectivity index (χ3n) is 3.24. The molecule has 0 aromatic heterocycles. The Kier molecular flexibility index (Phi) is 3.63. The third kappa shape index (κ3) is 2.35. The van der Waals surface area contributed by atoms with Crippen LogP contribution in [0.15, 0.2) is 72.8 Å². The Bertz CT molecular complexity index is 546. The number of Topliss-reactive ketones (excluding diaryl/α,β-unsaturated/α-hetero) is 1. The topological polar surface area (TPSA) is 37.3 Å². The van der Waals surface area contributed by atoms with Crippen LogP contribution in [0.25, 0.3) is 0 Å². The molecule has 0 aliphatic heterocycles. The number of hydrogen-bond acceptors (Lipinski definition) is 2. The first-order valence-electron chi connectivity index (χ1n) is 6.10. The number of carbonyl (C=O) groups is 1. The Labute approximate surface area is 113 Å². The van der Waals surface area contributed by atoms with Gasteiger partial charge in [0.05, 0.1) is 0 Å². The van der Waals surface area contributed by atoms with Gasteiger partial charge in [-0.1, -0.05) is 67.2 Å². The van der Waals surface area contributed by atoms with Gasteiger partial charge in [-0.3, -0.25) is 4.79 Å². The molecule has 2 nitrogen and oxygen atoms in total. The van der Waals surface area contributed by atoms with Gasteiger partial charge in [0.2, 0.25) is 0 Å². The molecule has 2 rings (SSSR count). The molecule has 0 saturated carbocycles. The van der Waals surface area contributed by atoms with E-state index in [0.717, 1.165) is 0 Å². The summed E-state index contributed by atoms with van der Waals surface area (Å²) in [7, 11) is 0. The zero-order chi connectivity index (χ0) is 13.9. The van der Waals surface area contributed by atoms with Crippen LogP contribution in [0, 0.1) is 0 Å². The number of hydrogen-bond donors (Lipinski definition) is 1. The highest BCUT2D eigenvalue weighted by Crippen LogP contribution is 2.35. The molecule has 0 aliphatic rings. The summed E-state index contributed by atoms with van der Waals surface area (Å²) in [5, 5.41) is 11.1. The molecule has 96 valence electrons. The van der Waals surface area contributed by atoms with E-state index >= 15 is 0 Å². The lowest BCUT2D eigenvalue weighted by Crippen LogP contribution is -2.32. The van der Waals surface area contributed by atoms with Crippen molar-refractivity contribution >= 4 is 5.78 Å². The second-order valence-corrected chi connectivity index (χ2v) is 4.48. The van der Waals surface area contributed by atoms with Crippen molar-refractivity contribution in [1.82, 2.24) is 0 Å². The van der Waals surface area contributed by atoms with Crippen LogP contribution in [0.4, 0.5) is 0 Å². The fraction of sp³-hybridized carbons (Fsp3) is 0.118. The van der Waals surface area contributed by atoms with Crippen molar-refractivity contribution in [3.05, 3.63) is 83.9 Å². The van der Waals surface area contributed by atoms with Gasteiger partial charge in [-0.15, -0.1) is 0 Å². The summed E-state index contributed by atoms with van der Waals surface area (Å²) in [5.74, 6) is -0.227. The maximum absolute atomic E-state index is 11.7. The van der Waals surface area contributed by atoms with E-state index in [1.54, 1.807) is 24.3 Å². The van der Waals surface area contributed by atoms with Crippen LogP contribution < -0.4 is 0 Å². The van der Waals surface area contributed by atoms with Gasteiger partial charge in [0.25, 0.3) is 0 Å². The molecule has 1 N–H and O–H groups in total. The number of rotatable bonds is 4. The molecule has 0 unspecified atom stereocenters. The SMILES string of the molecule is C=C(C(C)=O)C(O)(c1ccccc1)c1ccccc1. The van der Waals surface area contributed by atoms with Crippen LogP contribution in [0.1, 0.15) is 18.1 Å². The molecule has 2 aromatic carbocycles. The molecule has 0 bridgehead atoms. The van der Waals surface area contributed by atoms with Crippen LogP contribution in [0.3, 0.4) is 0 Å². The van der Waals surface area contributed by atoms with Crippen molar-refractivity contribution in [3.63, 3.8) is 0 Å². The normalized spacial score (nSPS) is 11.1. The van der Waals surface area contributed by atoms with E-state index in [-0.39, 0.29) is 11.4 Å². The van der Waals surface area contributed by atoms with Gasteiger partial charge in [0.1, 0.15) is 5.60 Å². The molecule has 2 aromatic rings. The van der Waals surface area contributed by atoms with Crippen LogP contribution in [0.5, 0.6) is 0 Å². The molecule has 0 saturated heterocycles. The molecule has 0 fully saturated rings. The highest BCUT2D eigenvalue weighted by Gasteiger charge is 2.36. The van der Waals surface area contributed by atoms with Crippen molar-refractivity contribution < 1.29 is 9.90 Å². The van der Waals surface area contributed by atoms with Crippen molar-refractivity contribution in [3.8, 4) is 0 Å². The molecule has 0 radical (unpaired) electrons. The predicted molar refractivity (Wildman–Crippen MR) is 75.7 cm³/mol. The predicted octanol–water partition coefficient (Wildman–Crippen LogP) is 3.07. The lowest BCUT2D eigenvalue weighted by Gasteiger charge is -2.30. The van der Waals surface area contributed by atoms with Crippen molar-refractivity contribution in [2.75, 3.05) is 0 Å². The van der Waals surface area contributed by atoms with Gasteiger partial charge in [0, 0.05) is 5.57 Å². The van der Waals surface area contributed by atoms with E-state index in [1.165, 1.54) is 6.92 Å². The summed E-state index contributed by atoms with van der Waals surface area (Å²) in [6.07, 6.45) is 0. The lowest BCUT2D eigenvalue weighted by molar-refractivity contribution is -0.115. The van der Waals surface area contributed by atoms with Gasteiger partial charge >= 0.3 is 0 Å². The van der Waals surface area contributed by atoms with E-state index < -0.39 is 5.60 Å². The Morgan fingerprint density at radius 3 is 1.63 bits per heavy atom. The number of ketones is 1. The van der Waals surface area contributed by atoms with Gasteiger partial charge in [-0.2, -0.15) is 0 Å². The summed E-state index contributed by atoms with van der Waals surface area (Å²) in [6, 6.07) is 18.2. The van der Waals surface area contributed by atoms with E-state index in [4.69, 9.17) is 0 Å². The van der Waals surface area contributed by atoms with Gasteiger partial charge in [-0.05, 0) is 18.1 Å². The molecule has 0 spiro atoms. The fourth-order valence-electron chi connectivity index (χ4n) is 2.13. The van der Waals surface area contributed by atoms with E-state index in [2.05, 4.69) is 6.58 Å². The second-order valence-electron chi connectivity index (χ2n) is 4.48. The van der Waals surface area contributed by atoms with Crippen LogP contribution >= 0.6 is 0 Å². The van der Waals surface area contributed by atoms with Crippen molar-refractivity contribution in [2.45, 2.75) is 12.5 Å². The quantitative estimate of drug-likeness (QED) is 0.849. The molecule has 0 atom stereocenters. The highest BCUT2D eigenvalue weighted by atomic mass is 16.3. The first-order chi connectivity index (χ1) is 9.06. The molecule has 0 aliphatic carbocycles. The molecule has 0 amide bonds. The van der Waals surface area contributed by atoms with Gasteiger partial charge < -0.3 is 5.11 Å². The van der Waals surface area contributed by atoms with Crippen molar-refractivity contribution in [2.24, 2.45) is 0 Å². The minimum atomic E-state index is -1.48. The smallest absolute Gasteiger partial charge is 0.158 e. The average Bonchev–Trinajstić information content (AvgIpc) is 2.47. The first kappa shape index (κ1) is 13.2. The monoisotopic (exact) mass is 252 g/mol. The van der Waals surface area contributed by atoms with E-state index in [1.807, 2.05) is 36.4 Å². The lowest BCUT2D eigenvalue weighted by atomic mass is 9.79. The number of aliphatic hydroxyl groups is 1. The maximum atomic E-state index is 11.7. The van der Waals surface area contributed by atoms with Gasteiger partial charge in [0.15, 0.2) is 5.78 Å². The number of benzene rings is 2. The van der Waals surface area contributed by atoms with E-state index in [0.29, 0.717) is 11.1 Å². The summed E-state index contributed by atoms with van der Waals surface area (Å²) >= 11 is 0. The molecule has 0 heterocycles. The number of carbonyl (C=O) groups excluding carboxylic acids is 1. The third-order valence-corrected chi connectivity index (χ3v) is 3.24. The van der Waals surface area contributed by atoms with E-state index in [9.17, 15) is 9.90 Å². The second kappa shape index (κ2) is 5.21. The molecule has 2 heteroatoms. The Hall–Kier alpha value is -2.19.